The fourth-order valence-corrected chi connectivity index (χ4v) is 3.01. The molecule has 1 aliphatic rings. The van der Waals surface area contributed by atoms with Gasteiger partial charge >= 0.3 is 5.97 Å². The van der Waals surface area contributed by atoms with Gasteiger partial charge in [0.1, 0.15) is 0 Å². The normalized spacial score (nSPS) is 16.3. The lowest BCUT2D eigenvalue weighted by Crippen LogP contribution is -2.46. The molecule has 0 saturated carbocycles. The third-order valence-corrected chi connectivity index (χ3v) is 4.21. The molecular weight excluding hydrogens is 326 g/mol. The molecule has 1 aliphatic heterocycles. The molecule has 1 aromatic rings. The Morgan fingerprint density at radius 3 is 2.48 bits per heavy atom. The Bertz CT molecular complexity index is 523. The van der Waals surface area contributed by atoms with Crippen molar-refractivity contribution in [3.8, 4) is 0 Å². The molecule has 1 heterocycles. The second kappa shape index (κ2) is 9.15. The molecule has 1 N–H and O–H groups in total. The second-order valence-electron chi connectivity index (χ2n) is 5.71. The number of halogens is 3. The first-order valence-electron chi connectivity index (χ1n) is 7.61. The van der Waals surface area contributed by atoms with Crippen molar-refractivity contribution in [1.82, 2.24) is 9.80 Å². The maximum absolute atomic E-state index is 13.2. The van der Waals surface area contributed by atoms with E-state index in [1.807, 2.05) is 11.8 Å². The molecule has 1 aromatic carbocycles. The summed E-state index contributed by atoms with van der Waals surface area (Å²) in [4.78, 5) is 15.0. The Balaban J connectivity index is 0.00000264. The van der Waals surface area contributed by atoms with Crippen molar-refractivity contribution < 1.29 is 18.7 Å². The average Bonchev–Trinajstić information content (AvgIpc) is 2.49. The molecule has 0 amide bonds. The van der Waals surface area contributed by atoms with E-state index in [9.17, 15) is 13.6 Å². The number of hydrogen-bond acceptors (Lipinski definition) is 3. The molecule has 0 aliphatic carbocycles. The predicted molar refractivity (Wildman–Crippen MR) is 86.8 cm³/mol. The number of hydrogen-bond donors (Lipinski definition) is 1. The van der Waals surface area contributed by atoms with Crippen LogP contribution in [0.15, 0.2) is 18.2 Å². The number of nitrogens with zero attached hydrogens (tertiary/aromatic N) is 2. The van der Waals surface area contributed by atoms with Gasteiger partial charge in [0, 0.05) is 12.6 Å². The van der Waals surface area contributed by atoms with Gasteiger partial charge in [-0.15, -0.1) is 12.4 Å². The van der Waals surface area contributed by atoms with Gasteiger partial charge in [-0.2, -0.15) is 0 Å². The SMILES string of the molecule is CCN(CC(=O)O)C1CCN(Cc2ccc(F)c(F)c2)CC1.Cl. The average molecular weight is 349 g/mol. The van der Waals surface area contributed by atoms with Gasteiger partial charge in [0.25, 0.3) is 0 Å². The van der Waals surface area contributed by atoms with Crippen molar-refractivity contribution >= 4 is 18.4 Å². The lowest BCUT2D eigenvalue weighted by Gasteiger charge is -2.37. The van der Waals surface area contributed by atoms with Crippen LogP contribution in [0.5, 0.6) is 0 Å². The summed E-state index contributed by atoms with van der Waals surface area (Å²) in [6.45, 7) is 5.02. The first kappa shape index (κ1) is 19.8. The van der Waals surface area contributed by atoms with Crippen molar-refractivity contribution in [2.24, 2.45) is 0 Å². The smallest absolute Gasteiger partial charge is 0.317 e. The lowest BCUT2D eigenvalue weighted by atomic mass is 10.0. The zero-order chi connectivity index (χ0) is 16.1. The molecule has 1 saturated heterocycles. The maximum atomic E-state index is 13.2. The lowest BCUT2D eigenvalue weighted by molar-refractivity contribution is -0.139. The predicted octanol–water partition coefficient (Wildman–Crippen LogP) is 2.76. The van der Waals surface area contributed by atoms with Crippen LogP contribution in [-0.4, -0.2) is 53.1 Å². The maximum Gasteiger partial charge on any atom is 0.317 e. The monoisotopic (exact) mass is 348 g/mol. The first-order chi connectivity index (χ1) is 10.5. The highest BCUT2D eigenvalue weighted by Gasteiger charge is 2.25. The number of carboxylic acid groups (broad SMARTS) is 1. The molecule has 4 nitrogen and oxygen atoms in total. The number of rotatable bonds is 6. The highest BCUT2D eigenvalue weighted by Crippen LogP contribution is 2.19. The van der Waals surface area contributed by atoms with E-state index in [1.165, 1.54) is 6.07 Å². The molecule has 130 valence electrons. The summed E-state index contributed by atoms with van der Waals surface area (Å²) < 4.78 is 26.1. The number of benzene rings is 1. The van der Waals surface area contributed by atoms with Gasteiger partial charge in [-0.25, -0.2) is 8.78 Å². The molecule has 7 heteroatoms. The topological polar surface area (TPSA) is 43.8 Å². The molecule has 0 unspecified atom stereocenters. The molecule has 0 bridgehead atoms. The molecule has 23 heavy (non-hydrogen) atoms. The van der Waals surface area contributed by atoms with Gasteiger partial charge in [0.05, 0.1) is 6.54 Å². The number of likely N-dealkylation sites (N-methyl/N-ethyl adjacent to an activating group) is 1. The van der Waals surface area contributed by atoms with Crippen LogP contribution in [0.4, 0.5) is 8.78 Å². The summed E-state index contributed by atoms with van der Waals surface area (Å²) >= 11 is 0. The third-order valence-electron chi connectivity index (χ3n) is 4.21. The fraction of sp³-hybridized carbons (Fsp3) is 0.562. The van der Waals surface area contributed by atoms with E-state index in [0.717, 1.165) is 44.1 Å². The Kier molecular flexibility index (Phi) is 7.88. The molecule has 0 spiro atoms. The molecule has 0 atom stereocenters. The summed E-state index contributed by atoms with van der Waals surface area (Å²) in [6, 6.07) is 4.28. The number of carbonyl (C=O) groups is 1. The Morgan fingerprint density at radius 2 is 1.96 bits per heavy atom. The summed E-state index contributed by atoms with van der Waals surface area (Å²) in [5, 5.41) is 8.92. The number of likely N-dealkylation sites (tertiary alicyclic amines) is 1. The van der Waals surface area contributed by atoms with E-state index in [0.29, 0.717) is 6.54 Å². The highest BCUT2D eigenvalue weighted by atomic mass is 35.5. The largest absolute Gasteiger partial charge is 0.480 e. The number of aliphatic carboxylic acids is 1. The van der Waals surface area contributed by atoms with E-state index in [-0.39, 0.29) is 25.0 Å². The van der Waals surface area contributed by atoms with Crippen LogP contribution in [0.1, 0.15) is 25.3 Å². The van der Waals surface area contributed by atoms with Gasteiger partial charge in [0.15, 0.2) is 11.6 Å². The van der Waals surface area contributed by atoms with Gasteiger partial charge in [-0.1, -0.05) is 13.0 Å². The minimum absolute atomic E-state index is 0. The number of piperidine rings is 1. The standard InChI is InChI=1S/C16H22F2N2O2.ClH/c1-2-20(11-16(21)22)13-5-7-19(8-6-13)10-12-3-4-14(17)15(18)9-12;/h3-4,9,13H,2,5-8,10-11H2,1H3,(H,21,22);1H. The van der Waals surface area contributed by atoms with Crippen LogP contribution in [0.25, 0.3) is 0 Å². The van der Waals surface area contributed by atoms with E-state index < -0.39 is 17.6 Å². The Morgan fingerprint density at radius 1 is 1.30 bits per heavy atom. The van der Waals surface area contributed by atoms with Gasteiger partial charge in [-0.3, -0.25) is 14.6 Å². The van der Waals surface area contributed by atoms with Crippen LogP contribution in [0.3, 0.4) is 0 Å². The summed E-state index contributed by atoms with van der Waals surface area (Å²) in [5.74, 6) is -2.44. The van der Waals surface area contributed by atoms with Crippen LogP contribution in [0.2, 0.25) is 0 Å². The molecule has 0 aromatic heterocycles. The first-order valence-corrected chi connectivity index (χ1v) is 7.61. The van der Waals surface area contributed by atoms with Crippen molar-refractivity contribution in [3.05, 3.63) is 35.4 Å². The summed E-state index contributed by atoms with van der Waals surface area (Å²) in [5.41, 5.74) is 0.759. The molecule has 2 rings (SSSR count). The zero-order valence-electron chi connectivity index (χ0n) is 13.2. The summed E-state index contributed by atoms with van der Waals surface area (Å²) in [6.07, 6.45) is 1.79. The number of carboxylic acids is 1. The quantitative estimate of drug-likeness (QED) is 0.858. The van der Waals surface area contributed by atoms with Crippen LogP contribution in [0, 0.1) is 11.6 Å². The van der Waals surface area contributed by atoms with Crippen molar-refractivity contribution in [2.75, 3.05) is 26.2 Å². The molecule has 0 radical (unpaired) electrons. The summed E-state index contributed by atoms with van der Waals surface area (Å²) in [7, 11) is 0. The van der Waals surface area contributed by atoms with Gasteiger partial charge in [0.2, 0.25) is 0 Å². The second-order valence-corrected chi connectivity index (χ2v) is 5.71. The van der Waals surface area contributed by atoms with E-state index >= 15 is 0 Å². The van der Waals surface area contributed by atoms with Crippen molar-refractivity contribution in [3.63, 3.8) is 0 Å². The zero-order valence-corrected chi connectivity index (χ0v) is 14.0. The van der Waals surface area contributed by atoms with E-state index in [2.05, 4.69) is 4.90 Å². The van der Waals surface area contributed by atoms with Crippen molar-refractivity contribution in [2.45, 2.75) is 32.4 Å². The minimum atomic E-state index is -0.824. The van der Waals surface area contributed by atoms with Gasteiger partial charge in [-0.05, 0) is 50.2 Å². The van der Waals surface area contributed by atoms with E-state index in [4.69, 9.17) is 5.11 Å². The van der Waals surface area contributed by atoms with Crippen molar-refractivity contribution in [1.29, 1.82) is 0 Å². The Labute approximate surface area is 141 Å². The highest BCUT2D eigenvalue weighted by molar-refractivity contribution is 5.85. The minimum Gasteiger partial charge on any atom is -0.480 e. The van der Waals surface area contributed by atoms with Crippen LogP contribution < -0.4 is 0 Å². The Hall–Kier alpha value is -1.24. The van der Waals surface area contributed by atoms with Crippen LogP contribution in [-0.2, 0) is 11.3 Å². The third kappa shape index (κ3) is 5.71. The molecular formula is C16H23ClF2N2O2. The van der Waals surface area contributed by atoms with Gasteiger partial charge < -0.3 is 5.11 Å². The molecule has 1 fully saturated rings. The fourth-order valence-electron chi connectivity index (χ4n) is 3.01. The van der Waals surface area contributed by atoms with Crippen LogP contribution >= 0.6 is 12.4 Å². The van der Waals surface area contributed by atoms with E-state index in [1.54, 1.807) is 6.07 Å².